The Balaban J connectivity index is 2.03. The summed E-state index contributed by atoms with van der Waals surface area (Å²) in [7, 11) is 0. The Kier molecular flexibility index (Phi) is 1.88. The topological polar surface area (TPSA) is 13.2 Å². The molecule has 0 spiro atoms. The normalized spacial score (nSPS) is 12.2. The number of fused-ring (bicyclic) bond motifs is 5. The Labute approximate surface area is 111 Å². The molecule has 0 radical (unpaired) electrons. The summed E-state index contributed by atoms with van der Waals surface area (Å²) < 4.78 is 4.44. The van der Waals surface area contributed by atoms with Crippen molar-refractivity contribution >= 4 is 16.6 Å². The molecule has 0 bridgehead atoms. The molecule has 4 rings (SSSR count). The lowest BCUT2D eigenvalue weighted by Gasteiger charge is -1.99. The molecule has 2 heterocycles. The fraction of sp³-hybridized carbons (Fsp3) is 0.125. The first-order chi connectivity index (χ1) is 9.26. The first-order valence-corrected chi connectivity index (χ1v) is 6.29. The van der Waals surface area contributed by atoms with E-state index in [4.69, 9.17) is 6.57 Å². The van der Waals surface area contributed by atoms with E-state index in [0.717, 1.165) is 17.4 Å². The molecule has 3 heteroatoms. The summed E-state index contributed by atoms with van der Waals surface area (Å²) in [6.45, 7) is 10.1. The van der Waals surface area contributed by atoms with E-state index < -0.39 is 0 Å². The Hall–Kier alpha value is -2.60. The number of aromatic nitrogens is 2. The fourth-order valence-corrected chi connectivity index (χ4v) is 2.87. The minimum atomic E-state index is 0.696. The number of aryl methyl sites for hydroxylation is 1. The highest BCUT2D eigenvalue weighted by atomic mass is 15.4. The van der Waals surface area contributed by atoms with Gasteiger partial charge in [-0.3, -0.25) is 0 Å². The Bertz CT molecular complexity index is 866. The molecule has 3 nitrogen and oxygen atoms in total. The van der Waals surface area contributed by atoms with Crippen molar-refractivity contribution in [2.45, 2.75) is 13.5 Å². The van der Waals surface area contributed by atoms with Crippen molar-refractivity contribution < 1.29 is 4.68 Å². The third kappa shape index (κ3) is 1.34. The van der Waals surface area contributed by atoms with Crippen LogP contribution in [0.2, 0.25) is 0 Å². The molecule has 1 aromatic heterocycles. The second-order valence-electron chi connectivity index (χ2n) is 5.03. The van der Waals surface area contributed by atoms with Crippen LogP contribution in [0, 0.1) is 13.5 Å². The maximum Gasteiger partial charge on any atom is 0.203 e. The minimum absolute atomic E-state index is 0.696. The molecule has 0 atom stereocenters. The van der Waals surface area contributed by atoms with Gasteiger partial charge in [0.05, 0.1) is 12.0 Å². The third-order valence-corrected chi connectivity index (χ3v) is 3.71. The second-order valence-corrected chi connectivity index (χ2v) is 5.03. The standard InChI is InChI=1S/C16H12N3/c1-11-3-5-15-12(7-11)9-18-10-13-8-14(17-2)4-6-16(13)19(15)18/h3-8,10H,9H2,1H3/q+1. The van der Waals surface area contributed by atoms with Crippen LogP contribution in [0.4, 0.5) is 5.69 Å². The predicted molar refractivity (Wildman–Crippen MR) is 73.6 cm³/mol. The summed E-state index contributed by atoms with van der Waals surface area (Å²) in [5.41, 5.74) is 5.76. The second kappa shape index (κ2) is 3.46. The Morgan fingerprint density at radius 2 is 2.11 bits per heavy atom. The molecule has 0 saturated heterocycles. The molecular weight excluding hydrogens is 234 g/mol. The van der Waals surface area contributed by atoms with Gasteiger partial charge in [-0.25, -0.2) is 4.85 Å². The summed E-state index contributed by atoms with van der Waals surface area (Å²) in [5.74, 6) is 0. The highest BCUT2D eigenvalue weighted by Gasteiger charge is 2.27. The lowest BCUT2D eigenvalue weighted by molar-refractivity contribution is -0.749. The highest BCUT2D eigenvalue weighted by molar-refractivity contribution is 5.83. The van der Waals surface area contributed by atoms with Crippen LogP contribution in [0.25, 0.3) is 21.4 Å². The largest absolute Gasteiger partial charge is 0.238 e. The molecular formula is C16H12N3+. The van der Waals surface area contributed by atoms with Crippen molar-refractivity contribution in [3.05, 3.63) is 65.1 Å². The molecule has 0 saturated carbocycles. The number of rotatable bonds is 0. The quantitative estimate of drug-likeness (QED) is 0.334. The van der Waals surface area contributed by atoms with E-state index in [9.17, 15) is 0 Å². The van der Waals surface area contributed by atoms with Gasteiger partial charge in [-0.05, 0) is 31.2 Å². The van der Waals surface area contributed by atoms with E-state index in [1.54, 1.807) is 0 Å². The number of hydrogen-bond acceptors (Lipinski definition) is 0. The number of hydrogen-bond donors (Lipinski definition) is 0. The van der Waals surface area contributed by atoms with Gasteiger partial charge in [-0.2, -0.15) is 0 Å². The first kappa shape index (κ1) is 10.3. The van der Waals surface area contributed by atoms with E-state index >= 15 is 0 Å². The van der Waals surface area contributed by atoms with E-state index in [0.29, 0.717) is 5.69 Å². The molecule has 3 aromatic rings. The van der Waals surface area contributed by atoms with Gasteiger partial charge in [0.1, 0.15) is 11.2 Å². The molecule has 1 aliphatic rings. The number of nitrogens with zero attached hydrogens (tertiary/aromatic N) is 3. The van der Waals surface area contributed by atoms with Crippen LogP contribution >= 0.6 is 0 Å². The average molecular weight is 246 g/mol. The van der Waals surface area contributed by atoms with E-state index in [2.05, 4.69) is 45.5 Å². The van der Waals surface area contributed by atoms with Crippen molar-refractivity contribution in [3.63, 3.8) is 0 Å². The average Bonchev–Trinajstić information content (AvgIpc) is 2.92. The minimum Gasteiger partial charge on any atom is -0.238 e. The lowest BCUT2D eigenvalue weighted by Crippen LogP contribution is -2.36. The van der Waals surface area contributed by atoms with Crippen LogP contribution in [0.3, 0.4) is 0 Å². The summed E-state index contributed by atoms with van der Waals surface area (Å²) in [6.07, 6.45) is 2.12. The van der Waals surface area contributed by atoms with Crippen LogP contribution in [-0.4, -0.2) is 4.68 Å². The molecule has 90 valence electrons. The third-order valence-electron chi connectivity index (χ3n) is 3.71. The summed E-state index contributed by atoms with van der Waals surface area (Å²) in [5, 5.41) is 1.12. The van der Waals surface area contributed by atoms with Crippen molar-refractivity contribution in [3.8, 4) is 5.69 Å². The van der Waals surface area contributed by atoms with Crippen molar-refractivity contribution in [2.75, 3.05) is 0 Å². The first-order valence-electron chi connectivity index (χ1n) is 6.29. The maximum atomic E-state index is 7.09. The summed E-state index contributed by atoms with van der Waals surface area (Å²) in [6, 6.07) is 12.4. The number of benzene rings is 2. The SMILES string of the molecule is [C-]#[N+]c1ccc2c(c1)c[n+]1n2-c2ccc(C)cc2C1. The van der Waals surface area contributed by atoms with Crippen LogP contribution in [0.5, 0.6) is 0 Å². The molecule has 19 heavy (non-hydrogen) atoms. The zero-order chi connectivity index (χ0) is 13.0. The zero-order valence-corrected chi connectivity index (χ0v) is 10.6. The van der Waals surface area contributed by atoms with Gasteiger partial charge >= 0.3 is 0 Å². The maximum absolute atomic E-state index is 7.09. The predicted octanol–water partition coefficient (Wildman–Crippen LogP) is 3.14. The Morgan fingerprint density at radius 1 is 1.21 bits per heavy atom. The summed E-state index contributed by atoms with van der Waals surface area (Å²) >= 11 is 0. The zero-order valence-electron chi connectivity index (χ0n) is 10.6. The van der Waals surface area contributed by atoms with Gasteiger partial charge in [-0.15, -0.1) is 9.36 Å². The smallest absolute Gasteiger partial charge is 0.203 e. The van der Waals surface area contributed by atoms with Gasteiger partial charge in [0.25, 0.3) is 0 Å². The van der Waals surface area contributed by atoms with Crippen LogP contribution < -0.4 is 4.68 Å². The van der Waals surface area contributed by atoms with Gasteiger partial charge < -0.3 is 0 Å². The molecule has 0 amide bonds. The summed E-state index contributed by atoms with van der Waals surface area (Å²) in [4.78, 5) is 3.49. The highest BCUT2D eigenvalue weighted by Crippen LogP contribution is 2.27. The molecule has 0 aliphatic carbocycles. The molecule has 0 N–H and O–H groups in total. The van der Waals surface area contributed by atoms with Gasteiger partial charge in [-0.1, -0.05) is 17.7 Å². The van der Waals surface area contributed by atoms with E-state index in [-0.39, 0.29) is 0 Å². The van der Waals surface area contributed by atoms with Crippen LogP contribution in [0.1, 0.15) is 11.1 Å². The molecule has 2 aromatic carbocycles. The molecule has 1 aliphatic heterocycles. The molecule has 0 fully saturated rings. The monoisotopic (exact) mass is 246 g/mol. The van der Waals surface area contributed by atoms with Gasteiger partial charge in [0.15, 0.2) is 12.2 Å². The van der Waals surface area contributed by atoms with Crippen molar-refractivity contribution in [1.82, 2.24) is 4.68 Å². The lowest BCUT2D eigenvalue weighted by atomic mass is 10.1. The van der Waals surface area contributed by atoms with Crippen LogP contribution in [-0.2, 0) is 6.54 Å². The van der Waals surface area contributed by atoms with Gasteiger partial charge in [0.2, 0.25) is 6.20 Å². The molecule has 0 unspecified atom stereocenters. The van der Waals surface area contributed by atoms with Gasteiger partial charge in [0, 0.05) is 5.56 Å². The van der Waals surface area contributed by atoms with E-state index in [1.165, 1.54) is 16.8 Å². The Morgan fingerprint density at radius 3 is 2.95 bits per heavy atom. The fourth-order valence-electron chi connectivity index (χ4n) is 2.87. The van der Waals surface area contributed by atoms with Crippen LogP contribution in [0.15, 0.2) is 42.6 Å². The van der Waals surface area contributed by atoms with E-state index in [1.807, 2.05) is 18.2 Å². The van der Waals surface area contributed by atoms with Crippen molar-refractivity contribution in [2.24, 2.45) is 0 Å². The van der Waals surface area contributed by atoms with Crippen molar-refractivity contribution in [1.29, 1.82) is 0 Å².